The molecule has 1 aromatic heterocycles. The summed E-state index contributed by atoms with van der Waals surface area (Å²) in [6.45, 7) is 2.02. The summed E-state index contributed by atoms with van der Waals surface area (Å²) >= 11 is 5.91. The fraction of sp³-hybridized carbons (Fsp3) is 0.0909. The van der Waals surface area contributed by atoms with E-state index in [0.717, 1.165) is 16.9 Å². The SMILES string of the molecule is Cc1ccc(Cl)cc1Nc1cncnc1. The highest BCUT2D eigenvalue weighted by molar-refractivity contribution is 6.30. The van der Waals surface area contributed by atoms with E-state index in [1.54, 1.807) is 12.4 Å². The lowest BCUT2D eigenvalue weighted by Gasteiger charge is -2.08. The van der Waals surface area contributed by atoms with Crippen molar-refractivity contribution >= 4 is 23.0 Å². The van der Waals surface area contributed by atoms with Gasteiger partial charge in [-0.2, -0.15) is 0 Å². The van der Waals surface area contributed by atoms with Gasteiger partial charge in [0.05, 0.1) is 18.1 Å². The number of nitrogens with one attached hydrogen (secondary N) is 1. The Morgan fingerprint density at radius 1 is 1.20 bits per heavy atom. The Bertz CT molecular complexity index is 457. The van der Waals surface area contributed by atoms with Gasteiger partial charge in [0.1, 0.15) is 6.33 Å². The Morgan fingerprint density at radius 3 is 2.67 bits per heavy atom. The van der Waals surface area contributed by atoms with Crippen molar-refractivity contribution in [1.82, 2.24) is 9.97 Å². The summed E-state index contributed by atoms with van der Waals surface area (Å²) in [5, 5.41) is 3.91. The van der Waals surface area contributed by atoms with Crippen molar-refractivity contribution in [3.05, 3.63) is 47.5 Å². The number of benzene rings is 1. The molecule has 0 aliphatic rings. The Labute approximate surface area is 93.1 Å². The summed E-state index contributed by atoms with van der Waals surface area (Å²) in [6.07, 6.45) is 4.93. The Balaban J connectivity index is 2.28. The second-order valence-electron chi connectivity index (χ2n) is 3.21. The number of anilines is 2. The van der Waals surface area contributed by atoms with Crippen molar-refractivity contribution in [3.8, 4) is 0 Å². The molecule has 0 bridgehead atoms. The summed E-state index contributed by atoms with van der Waals surface area (Å²) in [7, 11) is 0. The number of aromatic nitrogens is 2. The van der Waals surface area contributed by atoms with Crippen LogP contribution in [0, 0.1) is 6.92 Å². The van der Waals surface area contributed by atoms with Gasteiger partial charge < -0.3 is 5.32 Å². The standard InChI is InChI=1S/C11H10ClN3/c1-8-2-3-9(12)4-11(8)15-10-5-13-7-14-6-10/h2-7,15H,1H3. The predicted molar refractivity (Wildman–Crippen MR) is 61.5 cm³/mol. The van der Waals surface area contributed by atoms with E-state index in [2.05, 4.69) is 15.3 Å². The van der Waals surface area contributed by atoms with Gasteiger partial charge in [0.25, 0.3) is 0 Å². The topological polar surface area (TPSA) is 37.8 Å². The van der Waals surface area contributed by atoms with Crippen molar-refractivity contribution in [2.45, 2.75) is 6.92 Å². The van der Waals surface area contributed by atoms with Crippen LogP contribution < -0.4 is 5.32 Å². The molecular formula is C11H10ClN3. The molecule has 15 heavy (non-hydrogen) atoms. The molecule has 0 saturated carbocycles. The molecule has 76 valence electrons. The molecule has 3 nitrogen and oxygen atoms in total. The molecular weight excluding hydrogens is 210 g/mol. The van der Waals surface area contributed by atoms with Gasteiger partial charge in [-0.05, 0) is 24.6 Å². The van der Waals surface area contributed by atoms with Gasteiger partial charge in [0, 0.05) is 10.7 Å². The normalized spacial score (nSPS) is 10.0. The minimum absolute atomic E-state index is 0.708. The van der Waals surface area contributed by atoms with Crippen LogP contribution in [0.5, 0.6) is 0 Å². The quantitative estimate of drug-likeness (QED) is 0.843. The lowest BCUT2D eigenvalue weighted by molar-refractivity contribution is 1.17. The van der Waals surface area contributed by atoms with E-state index in [9.17, 15) is 0 Å². The van der Waals surface area contributed by atoms with Crippen LogP contribution in [0.2, 0.25) is 5.02 Å². The first-order valence-electron chi connectivity index (χ1n) is 4.54. The molecule has 0 fully saturated rings. The van der Waals surface area contributed by atoms with Crippen molar-refractivity contribution in [2.24, 2.45) is 0 Å². The zero-order valence-corrected chi connectivity index (χ0v) is 8.99. The van der Waals surface area contributed by atoms with Crippen LogP contribution >= 0.6 is 11.6 Å². The molecule has 0 aliphatic carbocycles. The van der Waals surface area contributed by atoms with E-state index in [4.69, 9.17) is 11.6 Å². The molecule has 1 N–H and O–H groups in total. The zero-order valence-electron chi connectivity index (χ0n) is 8.24. The van der Waals surface area contributed by atoms with Crippen LogP contribution in [0.1, 0.15) is 5.56 Å². The fourth-order valence-electron chi connectivity index (χ4n) is 1.25. The molecule has 4 heteroatoms. The van der Waals surface area contributed by atoms with Crippen molar-refractivity contribution in [1.29, 1.82) is 0 Å². The van der Waals surface area contributed by atoms with Crippen LogP contribution in [0.4, 0.5) is 11.4 Å². The lowest BCUT2D eigenvalue weighted by atomic mass is 10.2. The van der Waals surface area contributed by atoms with E-state index in [1.807, 2.05) is 25.1 Å². The first-order valence-corrected chi connectivity index (χ1v) is 4.92. The number of hydrogen-bond donors (Lipinski definition) is 1. The highest BCUT2D eigenvalue weighted by atomic mass is 35.5. The minimum atomic E-state index is 0.708. The molecule has 0 unspecified atom stereocenters. The van der Waals surface area contributed by atoms with Crippen LogP contribution in [0.3, 0.4) is 0 Å². The van der Waals surface area contributed by atoms with Crippen LogP contribution in [0.15, 0.2) is 36.9 Å². The van der Waals surface area contributed by atoms with Gasteiger partial charge in [0.2, 0.25) is 0 Å². The molecule has 0 spiro atoms. The van der Waals surface area contributed by atoms with Gasteiger partial charge in [-0.25, -0.2) is 9.97 Å². The summed E-state index contributed by atoms with van der Waals surface area (Å²) in [5.41, 5.74) is 2.95. The van der Waals surface area contributed by atoms with E-state index in [1.165, 1.54) is 6.33 Å². The fourth-order valence-corrected chi connectivity index (χ4v) is 1.42. The number of nitrogens with zero attached hydrogens (tertiary/aromatic N) is 2. The van der Waals surface area contributed by atoms with Gasteiger partial charge in [-0.1, -0.05) is 17.7 Å². The largest absolute Gasteiger partial charge is 0.353 e. The lowest BCUT2D eigenvalue weighted by Crippen LogP contribution is -1.94. The predicted octanol–water partition coefficient (Wildman–Crippen LogP) is 3.18. The maximum atomic E-state index is 5.91. The molecule has 2 aromatic rings. The molecule has 0 atom stereocenters. The minimum Gasteiger partial charge on any atom is -0.353 e. The van der Waals surface area contributed by atoms with Gasteiger partial charge in [0.15, 0.2) is 0 Å². The summed E-state index contributed by atoms with van der Waals surface area (Å²) in [6, 6.07) is 5.71. The van der Waals surface area contributed by atoms with Gasteiger partial charge in [-0.3, -0.25) is 0 Å². The van der Waals surface area contributed by atoms with E-state index >= 15 is 0 Å². The molecule has 0 amide bonds. The molecule has 2 rings (SSSR count). The summed E-state index contributed by atoms with van der Waals surface area (Å²) < 4.78 is 0. The zero-order chi connectivity index (χ0) is 10.7. The summed E-state index contributed by atoms with van der Waals surface area (Å²) in [4.78, 5) is 7.85. The summed E-state index contributed by atoms with van der Waals surface area (Å²) in [5.74, 6) is 0. The average Bonchev–Trinajstić information content (AvgIpc) is 2.25. The van der Waals surface area contributed by atoms with E-state index in [-0.39, 0.29) is 0 Å². The number of hydrogen-bond acceptors (Lipinski definition) is 3. The highest BCUT2D eigenvalue weighted by Gasteiger charge is 1.99. The van der Waals surface area contributed by atoms with E-state index < -0.39 is 0 Å². The first kappa shape index (κ1) is 9.93. The third kappa shape index (κ3) is 2.44. The number of rotatable bonds is 2. The monoisotopic (exact) mass is 219 g/mol. The Kier molecular flexibility index (Phi) is 2.83. The third-order valence-electron chi connectivity index (χ3n) is 2.04. The molecule has 1 aromatic carbocycles. The van der Waals surface area contributed by atoms with E-state index in [0.29, 0.717) is 5.02 Å². The van der Waals surface area contributed by atoms with Gasteiger partial charge >= 0.3 is 0 Å². The van der Waals surface area contributed by atoms with Crippen LogP contribution in [-0.2, 0) is 0 Å². The highest BCUT2D eigenvalue weighted by Crippen LogP contribution is 2.23. The van der Waals surface area contributed by atoms with Crippen molar-refractivity contribution < 1.29 is 0 Å². The average molecular weight is 220 g/mol. The second kappa shape index (κ2) is 4.28. The maximum absolute atomic E-state index is 5.91. The maximum Gasteiger partial charge on any atom is 0.115 e. The Hall–Kier alpha value is -1.61. The first-order chi connectivity index (χ1) is 7.25. The Morgan fingerprint density at radius 2 is 1.93 bits per heavy atom. The molecule has 0 saturated heterocycles. The number of aryl methyl sites for hydroxylation is 1. The van der Waals surface area contributed by atoms with Crippen LogP contribution in [0.25, 0.3) is 0 Å². The van der Waals surface area contributed by atoms with Crippen molar-refractivity contribution in [2.75, 3.05) is 5.32 Å². The van der Waals surface area contributed by atoms with Crippen LogP contribution in [-0.4, -0.2) is 9.97 Å². The third-order valence-corrected chi connectivity index (χ3v) is 2.27. The second-order valence-corrected chi connectivity index (χ2v) is 3.65. The number of halogens is 1. The molecule has 0 radical (unpaired) electrons. The van der Waals surface area contributed by atoms with Gasteiger partial charge in [-0.15, -0.1) is 0 Å². The van der Waals surface area contributed by atoms with Crippen molar-refractivity contribution in [3.63, 3.8) is 0 Å². The molecule has 0 aliphatic heterocycles. The molecule has 1 heterocycles. The smallest absolute Gasteiger partial charge is 0.115 e.